The minimum atomic E-state index is -0.0781. The third-order valence-electron chi connectivity index (χ3n) is 5.68. The molecule has 0 aromatic carbocycles. The van der Waals surface area contributed by atoms with E-state index in [-0.39, 0.29) is 17.5 Å². The van der Waals surface area contributed by atoms with Crippen LogP contribution in [-0.2, 0) is 4.79 Å². The van der Waals surface area contributed by atoms with E-state index in [4.69, 9.17) is 0 Å². The molecule has 146 valence electrons. The lowest BCUT2D eigenvalue weighted by molar-refractivity contribution is -0.127. The van der Waals surface area contributed by atoms with Crippen LogP contribution in [0.15, 0.2) is 54.2 Å². The van der Waals surface area contributed by atoms with Crippen molar-refractivity contribution in [2.24, 2.45) is 5.92 Å². The van der Waals surface area contributed by atoms with E-state index in [1.165, 1.54) is 18.9 Å². The molecule has 2 aromatic rings. The van der Waals surface area contributed by atoms with Crippen LogP contribution in [0.3, 0.4) is 0 Å². The number of amides is 1. The Bertz CT molecular complexity index is 904. The Morgan fingerprint density at radius 2 is 2.07 bits per heavy atom. The smallest absolute Gasteiger partial charge is 0.271 e. The molecule has 2 aliphatic rings. The first-order valence-corrected chi connectivity index (χ1v) is 9.97. The third kappa shape index (κ3) is 4.01. The number of aromatic amines is 1. The van der Waals surface area contributed by atoms with Crippen molar-refractivity contribution in [1.82, 2.24) is 14.9 Å². The number of likely N-dealkylation sites (tertiary alicyclic amines) is 1. The first kappa shape index (κ1) is 18.5. The minimum absolute atomic E-state index is 0.0319. The van der Waals surface area contributed by atoms with E-state index in [2.05, 4.69) is 21.4 Å². The number of aromatic nitrogens is 2. The standard InChI is InChI=1S/C22H26N4O2/c1-2-21(27)25-11-3-4-19(15-25)26(14-16-5-6-16)20-12-18(13-24-22(20)28)17-7-9-23-10-8-17/h2,7-10,12-13,16,19H,1,3-6,11,14-15H2,(H,24,28). The summed E-state index contributed by atoms with van der Waals surface area (Å²) in [5.41, 5.74) is 2.60. The zero-order valence-corrected chi connectivity index (χ0v) is 16.0. The van der Waals surface area contributed by atoms with Crippen molar-refractivity contribution in [2.45, 2.75) is 31.7 Å². The third-order valence-corrected chi connectivity index (χ3v) is 5.68. The van der Waals surface area contributed by atoms with Crippen LogP contribution in [0.25, 0.3) is 11.1 Å². The molecular formula is C22H26N4O2. The highest BCUT2D eigenvalue weighted by Gasteiger charge is 2.33. The summed E-state index contributed by atoms with van der Waals surface area (Å²) in [5.74, 6) is 0.602. The van der Waals surface area contributed by atoms with Crippen LogP contribution < -0.4 is 10.5 Å². The summed E-state index contributed by atoms with van der Waals surface area (Å²) in [5, 5.41) is 0. The Hall–Kier alpha value is -2.89. The second kappa shape index (κ2) is 8.00. The second-order valence-corrected chi connectivity index (χ2v) is 7.72. The number of carbonyl (C=O) groups excluding carboxylic acids is 1. The molecule has 28 heavy (non-hydrogen) atoms. The quantitative estimate of drug-likeness (QED) is 0.785. The number of hydrogen-bond acceptors (Lipinski definition) is 4. The number of pyridine rings is 2. The van der Waals surface area contributed by atoms with Gasteiger partial charge in [0.2, 0.25) is 5.91 Å². The molecule has 1 N–H and O–H groups in total. The van der Waals surface area contributed by atoms with E-state index in [0.29, 0.717) is 18.2 Å². The predicted octanol–water partition coefficient (Wildman–Crippen LogP) is 2.83. The molecule has 1 atom stereocenters. The van der Waals surface area contributed by atoms with Crippen molar-refractivity contribution in [2.75, 3.05) is 24.5 Å². The normalized spacial score (nSPS) is 19.3. The van der Waals surface area contributed by atoms with Gasteiger partial charge in [-0.05, 0) is 61.4 Å². The van der Waals surface area contributed by atoms with E-state index >= 15 is 0 Å². The number of anilines is 1. The Morgan fingerprint density at radius 1 is 1.29 bits per heavy atom. The fourth-order valence-corrected chi connectivity index (χ4v) is 3.96. The van der Waals surface area contributed by atoms with Gasteiger partial charge in [0, 0.05) is 49.8 Å². The fourth-order valence-electron chi connectivity index (χ4n) is 3.96. The molecule has 2 fully saturated rings. The van der Waals surface area contributed by atoms with Gasteiger partial charge >= 0.3 is 0 Å². The van der Waals surface area contributed by atoms with Crippen LogP contribution in [0.4, 0.5) is 5.69 Å². The summed E-state index contributed by atoms with van der Waals surface area (Å²) >= 11 is 0. The first-order valence-electron chi connectivity index (χ1n) is 9.97. The number of nitrogens with zero attached hydrogens (tertiary/aromatic N) is 3. The Kier molecular flexibility index (Phi) is 5.28. The molecule has 3 heterocycles. The average molecular weight is 378 g/mol. The zero-order chi connectivity index (χ0) is 19.5. The van der Waals surface area contributed by atoms with Gasteiger partial charge in [0.05, 0.1) is 0 Å². The highest BCUT2D eigenvalue weighted by Crippen LogP contribution is 2.33. The highest BCUT2D eigenvalue weighted by molar-refractivity contribution is 5.87. The van der Waals surface area contributed by atoms with Gasteiger partial charge in [0.25, 0.3) is 5.56 Å². The van der Waals surface area contributed by atoms with Gasteiger partial charge in [0.15, 0.2) is 0 Å². The molecule has 0 spiro atoms. The number of hydrogen-bond donors (Lipinski definition) is 1. The van der Waals surface area contributed by atoms with Crippen LogP contribution in [0.5, 0.6) is 0 Å². The lowest BCUT2D eigenvalue weighted by Crippen LogP contribution is -2.51. The van der Waals surface area contributed by atoms with E-state index in [1.807, 2.05) is 23.1 Å². The van der Waals surface area contributed by atoms with Crippen molar-refractivity contribution in [1.29, 1.82) is 0 Å². The molecule has 1 aliphatic heterocycles. The molecule has 6 nitrogen and oxygen atoms in total. The van der Waals surface area contributed by atoms with Crippen molar-refractivity contribution in [3.05, 3.63) is 59.8 Å². The number of H-pyrrole nitrogens is 1. The predicted molar refractivity (Wildman–Crippen MR) is 110 cm³/mol. The minimum Gasteiger partial charge on any atom is -0.362 e. The lowest BCUT2D eigenvalue weighted by atomic mass is 10.0. The van der Waals surface area contributed by atoms with Crippen molar-refractivity contribution in [3.8, 4) is 11.1 Å². The highest BCUT2D eigenvalue weighted by atomic mass is 16.2. The van der Waals surface area contributed by atoms with E-state index in [1.54, 1.807) is 18.6 Å². The number of nitrogens with one attached hydrogen (secondary N) is 1. The summed E-state index contributed by atoms with van der Waals surface area (Å²) < 4.78 is 0. The van der Waals surface area contributed by atoms with Crippen LogP contribution in [0, 0.1) is 5.92 Å². The molecule has 0 radical (unpaired) electrons. The maximum Gasteiger partial charge on any atom is 0.271 e. The molecular weight excluding hydrogens is 352 g/mol. The summed E-state index contributed by atoms with van der Waals surface area (Å²) in [6.07, 6.45) is 11.0. The number of rotatable bonds is 6. The van der Waals surface area contributed by atoms with Gasteiger partial charge in [-0.25, -0.2) is 0 Å². The van der Waals surface area contributed by atoms with Crippen molar-refractivity contribution in [3.63, 3.8) is 0 Å². The summed E-state index contributed by atoms with van der Waals surface area (Å²) in [7, 11) is 0. The van der Waals surface area contributed by atoms with E-state index < -0.39 is 0 Å². The molecule has 1 saturated carbocycles. The second-order valence-electron chi connectivity index (χ2n) is 7.72. The lowest BCUT2D eigenvalue weighted by Gasteiger charge is -2.40. The molecule has 2 aromatic heterocycles. The fraction of sp³-hybridized carbons (Fsp3) is 0.409. The Morgan fingerprint density at radius 3 is 2.79 bits per heavy atom. The van der Waals surface area contributed by atoms with Crippen molar-refractivity contribution < 1.29 is 4.79 Å². The van der Waals surface area contributed by atoms with Gasteiger partial charge in [-0.3, -0.25) is 14.6 Å². The molecule has 4 rings (SSSR count). The van der Waals surface area contributed by atoms with Crippen LogP contribution in [0.1, 0.15) is 25.7 Å². The Labute approximate surface area is 164 Å². The maximum absolute atomic E-state index is 12.8. The van der Waals surface area contributed by atoms with E-state index in [0.717, 1.165) is 37.1 Å². The monoisotopic (exact) mass is 378 g/mol. The Balaban J connectivity index is 1.66. The summed E-state index contributed by atoms with van der Waals surface area (Å²) in [6.45, 7) is 5.87. The molecule has 6 heteroatoms. The first-order chi connectivity index (χ1) is 13.7. The van der Waals surface area contributed by atoms with Gasteiger partial charge < -0.3 is 14.8 Å². The molecule has 1 amide bonds. The maximum atomic E-state index is 12.8. The molecule has 1 saturated heterocycles. The van der Waals surface area contributed by atoms with Gasteiger partial charge in [-0.2, -0.15) is 0 Å². The van der Waals surface area contributed by atoms with Gasteiger partial charge in [-0.15, -0.1) is 0 Å². The number of carbonyl (C=O) groups is 1. The van der Waals surface area contributed by atoms with Crippen LogP contribution in [0.2, 0.25) is 0 Å². The van der Waals surface area contributed by atoms with Crippen LogP contribution >= 0.6 is 0 Å². The molecule has 1 unspecified atom stereocenters. The zero-order valence-electron chi connectivity index (χ0n) is 16.0. The van der Waals surface area contributed by atoms with E-state index in [9.17, 15) is 9.59 Å². The van der Waals surface area contributed by atoms with Crippen molar-refractivity contribution >= 4 is 11.6 Å². The largest absolute Gasteiger partial charge is 0.362 e. The SMILES string of the molecule is C=CC(=O)N1CCCC(N(CC2CC2)c2cc(-c3ccncc3)c[nH]c2=O)C1. The molecule has 1 aliphatic carbocycles. The van der Waals surface area contributed by atoms with Crippen LogP contribution in [-0.4, -0.2) is 46.5 Å². The molecule has 0 bridgehead atoms. The summed E-state index contributed by atoms with van der Waals surface area (Å²) in [4.78, 5) is 36.0. The van der Waals surface area contributed by atoms with Gasteiger partial charge in [0.1, 0.15) is 5.69 Å². The average Bonchev–Trinajstić information content (AvgIpc) is 3.57. The summed E-state index contributed by atoms with van der Waals surface area (Å²) in [6, 6.07) is 6.00. The number of piperidine rings is 1. The topological polar surface area (TPSA) is 69.3 Å². The van der Waals surface area contributed by atoms with Gasteiger partial charge in [-0.1, -0.05) is 6.58 Å².